The number of carbonyl (C=O) groups excluding carboxylic acids is 1. The highest BCUT2D eigenvalue weighted by Crippen LogP contribution is 2.25. The van der Waals surface area contributed by atoms with Gasteiger partial charge in [-0.05, 0) is 29.8 Å². The molecule has 0 fully saturated rings. The second-order valence-electron chi connectivity index (χ2n) is 4.02. The summed E-state index contributed by atoms with van der Waals surface area (Å²) in [5, 5.41) is 2.61. The minimum Gasteiger partial charge on any atom is -0.351 e. The summed E-state index contributed by atoms with van der Waals surface area (Å²) in [6.07, 6.45) is 3.23. The number of sulfonamides is 1. The number of amides is 1. The van der Waals surface area contributed by atoms with Gasteiger partial charge in [0.25, 0.3) is 10.0 Å². The number of nitrogens with zero attached hydrogens (tertiary/aromatic N) is 1. The lowest BCUT2D eigenvalue weighted by Crippen LogP contribution is -2.36. The highest BCUT2D eigenvalue weighted by Gasteiger charge is 2.17. The normalized spacial score (nSPS) is 11.3. The standard InChI is InChI=1S/C12H12ClN3O3S2/c13-10-1-2-12(20-10)21(18,19)16-8-11(17)15-7-9-3-5-14-6-4-9/h1-6,16H,7-8H2,(H,15,17). The Balaban J connectivity index is 1.84. The van der Waals surface area contributed by atoms with Crippen molar-refractivity contribution >= 4 is 38.9 Å². The summed E-state index contributed by atoms with van der Waals surface area (Å²) in [5.41, 5.74) is 0.881. The smallest absolute Gasteiger partial charge is 0.250 e. The van der Waals surface area contributed by atoms with Crippen LogP contribution >= 0.6 is 22.9 Å². The molecular weight excluding hydrogens is 334 g/mol. The molecule has 112 valence electrons. The first-order valence-electron chi connectivity index (χ1n) is 5.88. The first kappa shape index (κ1) is 15.9. The quantitative estimate of drug-likeness (QED) is 0.828. The lowest BCUT2D eigenvalue weighted by atomic mass is 10.3. The second kappa shape index (κ2) is 6.99. The number of carbonyl (C=O) groups is 1. The van der Waals surface area contributed by atoms with Crippen molar-refractivity contribution in [1.29, 1.82) is 0 Å². The molecule has 2 heterocycles. The number of hydrogen-bond acceptors (Lipinski definition) is 5. The largest absolute Gasteiger partial charge is 0.351 e. The van der Waals surface area contributed by atoms with E-state index in [0.717, 1.165) is 16.9 Å². The topological polar surface area (TPSA) is 88.2 Å². The third-order valence-electron chi connectivity index (χ3n) is 2.48. The van der Waals surface area contributed by atoms with Crippen LogP contribution < -0.4 is 10.0 Å². The Morgan fingerprint density at radius 3 is 2.57 bits per heavy atom. The molecule has 0 atom stereocenters. The average Bonchev–Trinajstić information content (AvgIpc) is 2.92. The number of aromatic nitrogens is 1. The number of thiophene rings is 1. The van der Waals surface area contributed by atoms with Crippen molar-refractivity contribution in [3.63, 3.8) is 0 Å². The molecule has 0 aliphatic rings. The first-order chi connectivity index (χ1) is 9.97. The Labute approximate surface area is 131 Å². The maximum absolute atomic E-state index is 11.9. The van der Waals surface area contributed by atoms with E-state index in [1.165, 1.54) is 12.1 Å². The molecule has 0 spiro atoms. The van der Waals surface area contributed by atoms with Gasteiger partial charge in [0.2, 0.25) is 5.91 Å². The monoisotopic (exact) mass is 345 g/mol. The van der Waals surface area contributed by atoms with Gasteiger partial charge in [0.1, 0.15) is 4.21 Å². The van der Waals surface area contributed by atoms with Gasteiger partial charge in [-0.15, -0.1) is 11.3 Å². The molecule has 0 aliphatic heterocycles. The summed E-state index contributed by atoms with van der Waals surface area (Å²) in [5.74, 6) is -0.418. The van der Waals surface area contributed by atoms with Crippen LogP contribution in [0, 0.1) is 0 Å². The van der Waals surface area contributed by atoms with Gasteiger partial charge in [-0.25, -0.2) is 13.1 Å². The summed E-state index contributed by atoms with van der Waals surface area (Å²) in [6, 6.07) is 6.41. The number of halogens is 1. The van der Waals surface area contributed by atoms with E-state index in [1.54, 1.807) is 24.5 Å². The molecule has 0 saturated heterocycles. The molecule has 0 bridgehead atoms. The molecule has 0 aromatic carbocycles. The van der Waals surface area contributed by atoms with Gasteiger partial charge in [0, 0.05) is 18.9 Å². The Morgan fingerprint density at radius 2 is 1.95 bits per heavy atom. The van der Waals surface area contributed by atoms with E-state index in [-0.39, 0.29) is 10.8 Å². The molecule has 2 aromatic heterocycles. The van der Waals surface area contributed by atoms with Gasteiger partial charge in [0.15, 0.2) is 0 Å². The maximum Gasteiger partial charge on any atom is 0.250 e. The van der Waals surface area contributed by atoms with Crippen LogP contribution in [0.1, 0.15) is 5.56 Å². The van der Waals surface area contributed by atoms with E-state index < -0.39 is 15.9 Å². The fraction of sp³-hybridized carbons (Fsp3) is 0.167. The molecule has 0 aliphatic carbocycles. The average molecular weight is 346 g/mol. The van der Waals surface area contributed by atoms with Crippen molar-refractivity contribution in [2.45, 2.75) is 10.8 Å². The number of pyridine rings is 1. The molecule has 1 amide bonds. The molecule has 0 unspecified atom stereocenters. The Bertz CT molecular complexity index is 716. The minimum atomic E-state index is -3.70. The zero-order chi connectivity index (χ0) is 15.3. The number of rotatable bonds is 6. The van der Waals surface area contributed by atoms with Crippen LogP contribution in [0.4, 0.5) is 0 Å². The number of nitrogens with one attached hydrogen (secondary N) is 2. The zero-order valence-corrected chi connectivity index (χ0v) is 13.1. The van der Waals surface area contributed by atoms with Crippen LogP contribution in [0.15, 0.2) is 40.9 Å². The van der Waals surface area contributed by atoms with Crippen molar-refractivity contribution in [3.8, 4) is 0 Å². The van der Waals surface area contributed by atoms with Crippen LogP contribution in [-0.4, -0.2) is 25.9 Å². The third kappa shape index (κ3) is 4.78. The summed E-state index contributed by atoms with van der Waals surface area (Å²) >= 11 is 6.62. The van der Waals surface area contributed by atoms with Gasteiger partial charge in [-0.1, -0.05) is 11.6 Å². The van der Waals surface area contributed by atoms with E-state index in [9.17, 15) is 13.2 Å². The van der Waals surface area contributed by atoms with Gasteiger partial charge < -0.3 is 5.32 Å². The maximum atomic E-state index is 11.9. The van der Waals surface area contributed by atoms with E-state index in [4.69, 9.17) is 11.6 Å². The molecule has 2 N–H and O–H groups in total. The van der Waals surface area contributed by atoms with Crippen LogP contribution in [-0.2, 0) is 21.4 Å². The lowest BCUT2D eigenvalue weighted by molar-refractivity contribution is -0.120. The molecule has 21 heavy (non-hydrogen) atoms. The van der Waals surface area contributed by atoms with E-state index in [0.29, 0.717) is 10.9 Å². The van der Waals surface area contributed by atoms with Crippen molar-refractivity contribution in [1.82, 2.24) is 15.0 Å². The molecule has 2 aromatic rings. The molecule has 2 rings (SSSR count). The van der Waals surface area contributed by atoms with Crippen LogP contribution in [0.5, 0.6) is 0 Å². The summed E-state index contributed by atoms with van der Waals surface area (Å²) < 4.78 is 26.4. The number of hydrogen-bond donors (Lipinski definition) is 2. The second-order valence-corrected chi connectivity index (χ2v) is 7.72. The molecule has 0 saturated carbocycles. The fourth-order valence-corrected chi connectivity index (χ4v) is 3.95. The van der Waals surface area contributed by atoms with Gasteiger partial charge in [-0.2, -0.15) is 0 Å². The Morgan fingerprint density at radius 1 is 1.24 bits per heavy atom. The van der Waals surface area contributed by atoms with Gasteiger partial charge in [-0.3, -0.25) is 9.78 Å². The summed E-state index contributed by atoms with van der Waals surface area (Å²) in [6.45, 7) is -0.0170. The van der Waals surface area contributed by atoms with Crippen molar-refractivity contribution < 1.29 is 13.2 Å². The highest BCUT2D eigenvalue weighted by atomic mass is 35.5. The first-order valence-corrected chi connectivity index (χ1v) is 8.56. The van der Waals surface area contributed by atoms with Crippen LogP contribution in [0.25, 0.3) is 0 Å². The van der Waals surface area contributed by atoms with Gasteiger partial charge in [0.05, 0.1) is 10.9 Å². The van der Waals surface area contributed by atoms with Crippen molar-refractivity contribution in [2.24, 2.45) is 0 Å². The predicted octanol–water partition coefficient (Wildman–Crippen LogP) is 1.39. The van der Waals surface area contributed by atoms with E-state index in [1.807, 2.05) is 0 Å². The van der Waals surface area contributed by atoms with Crippen molar-refractivity contribution in [3.05, 3.63) is 46.6 Å². The molecule has 6 nitrogen and oxygen atoms in total. The van der Waals surface area contributed by atoms with Crippen LogP contribution in [0.2, 0.25) is 4.34 Å². The molecule has 0 radical (unpaired) electrons. The third-order valence-corrected chi connectivity index (χ3v) is 5.60. The predicted molar refractivity (Wildman–Crippen MR) is 80.6 cm³/mol. The summed E-state index contributed by atoms with van der Waals surface area (Å²) in [4.78, 5) is 15.5. The Kier molecular flexibility index (Phi) is 5.29. The van der Waals surface area contributed by atoms with Gasteiger partial charge >= 0.3 is 0 Å². The van der Waals surface area contributed by atoms with E-state index >= 15 is 0 Å². The fourth-order valence-electron chi connectivity index (χ4n) is 1.44. The van der Waals surface area contributed by atoms with Crippen LogP contribution in [0.3, 0.4) is 0 Å². The zero-order valence-electron chi connectivity index (χ0n) is 10.7. The Hall–Kier alpha value is -1.48. The summed E-state index contributed by atoms with van der Waals surface area (Å²) in [7, 11) is -3.70. The molecule has 9 heteroatoms. The SMILES string of the molecule is O=C(CNS(=O)(=O)c1ccc(Cl)s1)NCc1ccncc1. The molecular formula is C12H12ClN3O3S2. The minimum absolute atomic E-state index is 0.0782. The van der Waals surface area contributed by atoms with E-state index in [2.05, 4.69) is 15.0 Å². The van der Waals surface area contributed by atoms with Crippen molar-refractivity contribution in [2.75, 3.05) is 6.54 Å². The lowest BCUT2D eigenvalue weighted by Gasteiger charge is -2.06. The highest BCUT2D eigenvalue weighted by molar-refractivity contribution is 7.91.